The zero-order chi connectivity index (χ0) is 16.2. The quantitative estimate of drug-likeness (QED) is 0.669. The van der Waals surface area contributed by atoms with Crippen molar-refractivity contribution in [3.05, 3.63) is 54.0 Å². The van der Waals surface area contributed by atoms with Gasteiger partial charge in [-0.05, 0) is 12.5 Å². The maximum absolute atomic E-state index is 12.4. The molecule has 2 aromatic heterocycles. The monoisotopic (exact) mass is 310 g/mol. The van der Waals surface area contributed by atoms with Gasteiger partial charge in [0.15, 0.2) is 5.82 Å². The first kappa shape index (κ1) is 14.8. The van der Waals surface area contributed by atoms with Crippen molar-refractivity contribution >= 4 is 11.7 Å². The van der Waals surface area contributed by atoms with Crippen molar-refractivity contribution in [2.45, 2.75) is 20.0 Å². The number of rotatable bonds is 5. The smallest absolute Gasteiger partial charge is 0.270 e. The molecule has 0 aliphatic rings. The van der Waals surface area contributed by atoms with E-state index in [1.807, 2.05) is 48.1 Å². The van der Waals surface area contributed by atoms with Crippen molar-refractivity contribution in [1.29, 1.82) is 0 Å². The molecule has 118 valence electrons. The van der Waals surface area contributed by atoms with Crippen LogP contribution in [-0.2, 0) is 13.1 Å². The Balaban J connectivity index is 1.78. The van der Waals surface area contributed by atoms with Crippen LogP contribution in [0.25, 0.3) is 11.1 Å². The number of nitrogens with one attached hydrogen (secondary N) is 2. The number of nitrogen functional groups attached to an aromatic ring is 1. The van der Waals surface area contributed by atoms with E-state index in [2.05, 4.69) is 20.6 Å². The van der Waals surface area contributed by atoms with Crippen LogP contribution in [0.5, 0.6) is 0 Å². The van der Waals surface area contributed by atoms with Gasteiger partial charge in [-0.25, -0.2) is 0 Å². The lowest BCUT2D eigenvalue weighted by molar-refractivity contribution is 0.0946. The number of aryl methyl sites for hydroxylation is 1. The summed E-state index contributed by atoms with van der Waals surface area (Å²) in [6.07, 6.45) is 3.64. The van der Waals surface area contributed by atoms with Gasteiger partial charge in [0, 0.05) is 24.8 Å². The molecule has 4 N–H and O–H groups in total. The Bertz CT molecular complexity index is 805. The van der Waals surface area contributed by atoms with Crippen LogP contribution in [0.1, 0.15) is 23.0 Å². The Labute approximate surface area is 133 Å². The van der Waals surface area contributed by atoms with Gasteiger partial charge in [-0.2, -0.15) is 10.2 Å². The minimum absolute atomic E-state index is 0.252. The summed E-state index contributed by atoms with van der Waals surface area (Å²) in [5, 5.41) is 13.7. The molecule has 0 saturated heterocycles. The van der Waals surface area contributed by atoms with Gasteiger partial charge in [-0.15, -0.1) is 0 Å². The maximum atomic E-state index is 12.4. The summed E-state index contributed by atoms with van der Waals surface area (Å²) >= 11 is 0. The number of aromatic nitrogens is 4. The Morgan fingerprint density at radius 2 is 2.13 bits per heavy atom. The van der Waals surface area contributed by atoms with E-state index in [1.165, 1.54) is 0 Å². The van der Waals surface area contributed by atoms with E-state index in [0.29, 0.717) is 23.6 Å². The summed E-state index contributed by atoms with van der Waals surface area (Å²) in [5.41, 5.74) is 8.67. The Hall–Kier alpha value is -3.09. The highest BCUT2D eigenvalue weighted by Gasteiger charge is 2.19. The number of H-pyrrole nitrogens is 1. The van der Waals surface area contributed by atoms with Gasteiger partial charge in [-0.1, -0.05) is 30.3 Å². The topological polar surface area (TPSA) is 102 Å². The Morgan fingerprint density at radius 3 is 2.83 bits per heavy atom. The number of hydrogen-bond donors (Lipinski definition) is 3. The van der Waals surface area contributed by atoms with Gasteiger partial charge in [-0.3, -0.25) is 14.6 Å². The Morgan fingerprint density at radius 1 is 1.35 bits per heavy atom. The molecule has 0 saturated carbocycles. The number of carbonyl (C=O) groups excluding carboxylic acids is 1. The van der Waals surface area contributed by atoms with Gasteiger partial charge in [0.25, 0.3) is 5.91 Å². The normalized spacial score (nSPS) is 10.7. The van der Waals surface area contributed by atoms with Crippen LogP contribution in [-0.4, -0.2) is 25.9 Å². The van der Waals surface area contributed by atoms with Crippen LogP contribution >= 0.6 is 0 Å². The molecule has 0 fully saturated rings. The highest BCUT2D eigenvalue weighted by molar-refractivity contribution is 6.01. The van der Waals surface area contributed by atoms with Crippen molar-refractivity contribution in [1.82, 2.24) is 25.3 Å². The van der Waals surface area contributed by atoms with Crippen molar-refractivity contribution in [2.24, 2.45) is 0 Å². The minimum Gasteiger partial charge on any atom is -0.382 e. The average Bonchev–Trinajstić information content (AvgIpc) is 3.19. The number of nitrogens with two attached hydrogens (primary N) is 1. The van der Waals surface area contributed by atoms with Crippen molar-refractivity contribution in [2.75, 3.05) is 5.73 Å². The number of nitrogens with zero attached hydrogens (tertiary/aromatic N) is 3. The summed E-state index contributed by atoms with van der Waals surface area (Å²) in [6, 6.07) is 9.47. The van der Waals surface area contributed by atoms with Crippen LogP contribution in [0, 0.1) is 0 Å². The maximum Gasteiger partial charge on any atom is 0.270 e. The number of anilines is 1. The first-order valence-electron chi connectivity index (χ1n) is 7.37. The first-order valence-corrected chi connectivity index (χ1v) is 7.37. The summed E-state index contributed by atoms with van der Waals surface area (Å²) in [6.45, 7) is 3.20. The van der Waals surface area contributed by atoms with Gasteiger partial charge < -0.3 is 11.1 Å². The lowest BCUT2D eigenvalue weighted by Gasteiger charge is -2.05. The second-order valence-corrected chi connectivity index (χ2v) is 5.11. The van der Waals surface area contributed by atoms with Crippen LogP contribution in [0.15, 0.2) is 42.7 Å². The molecule has 23 heavy (non-hydrogen) atoms. The summed E-state index contributed by atoms with van der Waals surface area (Å²) in [5.74, 6) is 0.0532. The predicted octanol–water partition coefficient (Wildman–Crippen LogP) is 1.81. The molecular weight excluding hydrogens is 292 g/mol. The SMILES string of the molecule is CCn1cc(CNC(=O)c2[nH]nc(N)c2-c2ccccc2)cn1. The van der Waals surface area contributed by atoms with E-state index in [-0.39, 0.29) is 5.91 Å². The number of hydrogen-bond acceptors (Lipinski definition) is 4. The van der Waals surface area contributed by atoms with Gasteiger partial charge in [0.05, 0.1) is 11.8 Å². The third-order valence-electron chi connectivity index (χ3n) is 3.55. The third kappa shape index (κ3) is 3.08. The molecule has 1 aromatic carbocycles. The van der Waals surface area contributed by atoms with E-state index in [9.17, 15) is 4.79 Å². The average molecular weight is 310 g/mol. The fraction of sp³-hybridized carbons (Fsp3) is 0.188. The molecule has 7 heteroatoms. The van der Waals surface area contributed by atoms with Gasteiger partial charge in [0.2, 0.25) is 0 Å². The molecule has 7 nitrogen and oxygen atoms in total. The van der Waals surface area contributed by atoms with Crippen LogP contribution in [0.3, 0.4) is 0 Å². The van der Waals surface area contributed by atoms with E-state index in [1.54, 1.807) is 6.20 Å². The van der Waals surface area contributed by atoms with Gasteiger partial charge in [0.1, 0.15) is 5.69 Å². The molecule has 0 spiro atoms. The van der Waals surface area contributed by atoms with E-state index in [0.717, 1.165) is 17.7 Å². The summed E-state index contributed by atoms with van der Waals surface area (Å²) < 4.78 is 1.81. The highest BCUT2D eigenvalue weighted by atomic mass is 16.1. The van der Waals surface area contributed by atoms with E-state index >= 15 is 0 Å². The zero-order valence-electron chi connectivity index (χ0n) is 12.8. The van der Waals surface area contributed by atoms with E-state index < -0.39 is 0 Å². The summed E-state index contributed by atoms with van der Waals surface area (Å²) in [4.78, 5) is 12.4. The lowest BCUT2D eigenvalue weighted by Crippen LogP contribution is -2.23. The Kier molecular flexibility index (Phi) is 4.09. The third-order valence-corrected chi connectivity index (χ3v) is 3.55. The molecule has 0 unspecified atom stereocenters. The second-order valence-electron chi connectivity index (χ2n) is 5.11. The molecule has 0 aliphatic carbocycles. The molecule has 3 rings (SSSR count). The van der Waals surface area contributed by atoms with Crippen LogP contribution in [0.4, 0.5) is 5.82 Å². The number of amides is 1. The van der Waals surface area contributed by atoms with E-state index in [4.69, 9.17) is 5.73 Å². The predicted molar refractivity (Wildman–Crippen MR) is 87.5 cm³/mol. The number of benzene rings is 1. The molecule has 2 heterocycles. The molecule has 1 amide bonds. The van der Waals surface area contributed by atoms with Crippen molar-refractivity contribution in [3.8, 4) is 11.1 Å². The molecule has 0 bridgehead atoms. The molecule has 0 atom stereocenters. The van der Waals surface area contributed by atoms with Gasteiger partial charge >= 0.3 is 0 Å². The molecular formula is C16H18N6O. The zero-order valence-corrected chi connectivity index (χ0v) is 12.8. The fourth-order valence-electron chi connectivity index (χ4n) is 2.36. The first-order chi connectivity index (χ1) is 11.2. The molecule has 0 aliphatic heterocycles. The number of aromatic amines is 1. The molecule has 0 radical (unpaired) electrons. The molecule has 3 aromatic rings. The highest BCUT2D eigenvalue weighted by Crippen LogP contribution is 2.27. The second kappa shape index (κ2) is 6.35. The van der Waals surface area contributed by atoms with Crippen molar-refractivity contribution < 1.29 is 4.79 Å². The van der Waals surface area contributed by atoms with Crippen LogP contribution < -0.4 is 11.1 Å². The lowest BCUT2D eigenvalue weighted by atomic mass is 10.1. The standard InChI is InChI=1S/C16H18N6O/c1-2-22-10-11(9-19-22)8-18-16(23)14-13(15(17)21-20-14)12-6-4-3-5-7-12/h3-7,9-10H,2,8H2,1H3,(H,18,23)(H3,17,20,21). The van der Waals surface area contributed by atoms with Crippen molar-refractivity contribution in [3.63, 3.8) is 0 Å². The number of carbonyl (C=O) groups is 1. The summed E-state index contributed by atoms with van der Waals surface area (Å²) in [7, 11) is 0. The largest absolute Gasteiger partial charge is 0.382 e. The minimum atomic E-state index is -0.252. The fourth-order valence-corrected chi connectivity index (χ4v) is 2.36. The van der Waals surface area contributed by atoms with Crippen LogP contribution in [0.2, 0.25) is 0 Å².